The lowest BCUT2D eigenvalue weighted by Crippen LogP contribution is -2.28. The maximum atomic E-state index is 13.3. The van der Waals surface area contributed by atoms with Gasteiger partial charge in [-0.3, -0.25) is 9.48 Å². The van der Waals surface area contributed by atoms with Crippen molar-refractivity contribution < 1.29 is 14.3 Å². The molecule has 0 bridgehead atoms. The van der Waals surface area contributed by atoms with Crippen molar-refractivity contribution in [3.63, 3.8) is 0 Å². The standard InChI is InChI=1S/C14H15ClFN3O2/c1-7(9-4-5-11(20)10(16)6-9)17-14(21)13-12(15)8(2)18-19(13)3/h4-7,20H,1-3H3,(H,17,21)/t7-/m1/s1. The van der Waals surface area contributed by atoms with Gasteiger partial charge in [-0.25, -0.2) is 4.39 Å². The lowest BCUT2D eigenvalue weighted by Gasteiger charge is -2.15. The van der Waals surface area contributed by atoms with E-state index in [1.54, 1.807) is 27.0 Å². The Bertz CT molecular complexity index is 700. The number of phenols is 1. The first-order valence-electron chi connectivity index (χ1n) is 6.29. The van der Waals surface area contributed by atoms with Crippen LogP contribution >= 0.6 is 11.6 Å². The Balaban J connectivity index is 2.20. The molecule has 21 heavy (non-hydrogen) atoms. The van der Waals surface area contributed by atoms with Crippen molar-refractivity contribution in [1.29, 1.82) is 0 Å². The minimum absolute atomic E-state index is 0.250. The van der Waals surface area contributed by atoms with Gasteiger partial charge in [0, 0.05) is 7.05 Å². The smallest absolute Gasteiger partial charge is 0.271 e. The van der Waals surface area contributed by atoms with Crippen molar-refractivity contribution in [2.45, 2.75) is 19.9 Å². The zero-order valence-electron chi connectivity index (χ0n) is 11.8. The van der Waals surface area contributed by atoms with Gasteiger partial charge in [-0.05, 0) is 31.5 Å². The summed E-state index contributed by atoms with van der Waals surface area (Å²) in [7, 11) is 1.62. The molecule has 2 rings (SSSR count). The van der Waals surface area contributed by atoms with Crippen LogP contribution in [0.5, 0.6) is 5.75 Å². The van der Waals surface area contributed by atoms with Gasteiger partial charge < -0.3 is 10.4 Å². The van der Waals surface area contributed by atoms with Gasteiger partial charge >= 0.3 is 0 Å². The van der Waals surface area contributed by atoms with Gasteiger partial charge in [-0.2, -0.15) is 5.10 Å². The van der Waals surface area contributed by atoms with Crippen molar-refractivity contribution in [2.75, 3.05) is 0 Å². The molecule has 2 N–H and O–H groups in total. The van der Waals surface area contributed by atoms with E-state index in [0.29, 0.717) is 16.3 Å². The number of halogens is 2. The molecule has 1 heterocycles. The van der Waals surface area contributed by atoms with Crippen LogP contribution in [-0.4, -0.2) is 20.8 Å². The molecule has 5 nitrogen and oxygen atoms in total. The van der Waals surface area contributed by atoms with Crippen LogP contribution in [-0.2, 0) is 7.05 Å². The number of rotatable bonds is 3. The highest BCUT2D eigenvalue weighted by molar-refractivity contribution is 6.34. The SMILES string of the molecule is Cc1nn(C)c(C(=O)N[C@H](C)c2ccc(O)c(F)c2)c1Cl. The average molecular weight is 312 g/mol. The van der Waals surface area contributed by atoms with E-state index in [1.165, 1.54) is 16.8 Å². The van der Waals surface area contributed by atoms with E-state index in [1.807, 2.05) is 0 Å². The number of benzene rings is 1. The molecule has 0 aliphatic heterocycles. The van der Waals surface area contributed by atoms with E-state index < -0.39 is 23.5 Å². The van der Waals surface area contributed by atoms with E-state index in [-0.39, 0.29) is 5.69 Å². The predicted octanol–water partition coefficient (Wildman–Crippen LogP) is 2.72. The third-order valence-corrected chi connectivity index (χ3v) is 3.64. The molecule has 7 heteroatoms. The van der Waals surface area contributed by atoms with Crippen LogP contribution in [0.3, 0.4) is 0 Å². The van der Waals surface area contributed by atoms with E-state index in [2.05, 4.69) is 10.4 Å². The van der Waals surface area contributed by atoms with Crippen molar-refractivity contribution in [3.8, 4) is 5.75 Å². The molecule has 0 spiro atoms. The van der Waals surface area contributed by atoms with E-state index in [4.69, 9.17) is 16.7 Å². The quantitative estimate of drug-likeness (QED) is 0.916. The number of aromatic hydroxyl groups is 1. The zero-order valence-corrected chi connectivity index (χ0v) is 12.6. The lowest BCUT2D eigenvalue weighted by atomic mass is 10.1. The molecular formula is C14H15ClFN3O2. The summed E-state index contributed by atoms with van der Waals surface area (Å²) in [5.74, 6) is -1.56. The average Bonchev–Trinajstić information content (AvgIpc) is 2.66. The summed E-state index contributed by atoms with van der Waals surface area (Å²) >= 11 is 6.05. The van der Waals surface area contributed by atoms with Crippen LogP contribution in [0.25, 0.3) is 0 Å². The highest BCUT2D eigenvalue weighted by Gasteiger charge is 2.20. The molecule has 1 atom stereocenters. The molecule has 0 saturated heterocycles. The lowest BCUT2D eigenvalue weighted by molar-refractivity contribution is 0.0930. The summed E-state index contributed by atoms with van der Waals surface area (Å²) < 4.78 is 14.7. The molecule has 1 aromatic heterocycles. The number of nitrogens with zero attached hydrogens (tertiary/aromatic N) is 2. The van der Waals surface area contributed by atoms with Gasteiger partial charge in [0.1, 0.15) is 5.69 Å². The second-order valence-corrected chi connectivity index (χ2v) is 5.16. The van der Waals surface area contributed by atoms with Crippen molar-refractivity contribution in [3.05, 3.63) is 46.0 Å². The summed E-state index contributed by atoms with van der Waals surface area (Å²) in [6.45, 7) is 3.42. The number of carbonyl (C=O) groups is 1. The number of hydrogen-bond donors (Lipinski definition) is 2. The summed E-state index contributed by atoms with van der Waals surface area (Å²) in [6.07, 6.45) is 0. The predicted molar refractivity (Wildman–Crippen MR) is 76.9 cm³/mol. The second-order valence-electron chi connectivity index (χ2n) is 4.78. The highest BCUT2D eigenvalue weighted by Crippen LogP contribution is 2.23. The fourth-order valence-electron chi connectivity index (χ4n) is 2.02. The minimum Gasteiger partial charge on any atom is -0.505 e. The first-order chi connectivity index (χ1) is 9.81. The van der Waals surface area contributed by atoms with Crippen LogP contribution < -0.4 is 5.32 Å². The van der Waals surface area contributed by atoms with Crippen LogP contribution in [0.1, 0.15) is 34.7 Å². The Hall–Kier alpha value is -2.08. The summed E-state index contributed by atoms with van der Waals surface area (Å²) in [6, 6.07) is 3.52. The number of phenolic OH excluding ortho intramolecular Hbond substituents is 1. The van der Waals surface area contributed by atoms with Crippen molar-refractivity contribution >= 4 is 17.5 Å². The van der Waals surface area contributed by atoms with Crippen LogP contribution in [0.4, 0.5) is 4.39 Å². The minimum atomic E-state index is -0.733. The maximum Gasteiger partial charge on any atom is 0.271 e. The molecule has 0 fully saturated rings. The van der Waals surface area contributed by atoms with Gasteiger partial charge in [-0.15, -0.1) is 0 Å². The third-order valence-electron chi connectivity index (χ3n) is 3.18. The molecule has 0 radical (unpaired) electrons. The van der Waals surface area contributed by atoms with Crippen LogP contribution in [0.15, 0.2) is 18.2 Å². The molecule has 1 aromatic carbocycles. The van der Waals surface area contributed by atoms with E-state index in [0.717, 1.165) is 0 Å². The third kappa shape index (κ3) is 3.00. The fraction of sp³-hybridized carbons (Fsp3) is 0.286. The molecule has 0 aliphatic rings. The zero-order chi connectivity index (χ0) is 15.7. The Kier molecular flexibility index (Phi) is 4.18. The van der Waals surface area contributed by atoms with Crippen molar-refractivity contribution in [1.82, 2.24) is 15.1 Å². The Morgan fingerprint density at radius 1 is 1.52 bits per heavy atom. The van der Waals surface area contributed by atoms with Crippen LogP contribution in [0, 0.1) is 12.7 Å². The number of aromatic nitrogens is 2. The molecule has 112 valence electrons. The van der Waals surface area contributed by atoms with Gasteiger partial charge in [0.15, 0.2) is 11.6 Å². The molecule has 2 aromatic rings. The number of aryl methyl sites for hydroxylation is 2. The van der Waals surface area contributed by atoms with Gasteiger partial charge in [0.05, 0.1) is 16.8 Å². The maximum absolute atomic E-state index is 13.3. The summed E-state index contributed by atoms with van der Waals surface area (Å²) in [5.41, 5.74) is 1.35. The van der Waals surface area contributed by atoms with E-state index >= 15 is 0 Å². The Morgan fingerprint density at radius 2 is 2.19 bits per heavy atom. The molecular weight excluding hydrogens is 297 g/mol. The molecule has 1 amide bonds. The monoisotopic (exact) mass is 311 g/mol. The molecule has 0 unspecified atom stereocenters. The Labute approximate surface area is 126 Å². The fourth-order valence-corrected chi connectivity index (χ4v) is 2.27. The highest BCUT2D eigenvalue weighted by atomic mass is 35.5. The van der Waals surface area contributed by atoms with Gasteiger partial charge in [0.25, 0.3) is 5.91 Å². The van der Waals surface area contributed by atoms with E-state index in [9.17, 15) is 9.18 Å². The number of nitrogens with one attached hydrogen (secondary N) is 1. The Morgan fingerprint density at radius 3 is 2.71 bits per heavy atom. The molecule has 0 saturated carbocycles. The number of hydrogen-bond acceptors (Lipinski definition) is 3. The van der Waals surface area contributed by atoms with Gasteiger partial charge in [0.2, 0.25) is 0 Å². The van der Waals surface area contributed by atoms with Crippen molar-refractivity contribution in [2.24, 2.45) is 7.05 Å². The first kappa shape index (κ1) is 15.3. The second kappa shape index (κ2) is 5.73. The normalized spacial score (nSPS) is 12.2. The topological polar surface area (TPSA) is 67.2 Å². The molecule has 0 aliphatic carbocycles. The summed E-state index contributed by atoms with van der Waals surface area (Å²) in [5, 5.41) is 16.3. The first-order valence-corrected chi connectivity index (χ1v) is 6.67. The van der Waals surface area contributed by atoms with Gasteiger partial charge in [-0.1, -0.05) is 17.7 Å². The largest absolute Gasteiger partial charge is 0.505 e. The number of carbonyl (C=O) groups excluding carboxylic acids is 1. The summed E-state index contributed by atoms with van der Waals surface area (Å²) in [4.78, 5) is 12.2. The van der Waals surface area contributed by atoms with Crippen LogP contribution in [0.2, 0.25) is 5.02 Å². The number of amides is 1.